The van der Waals surface area contributed by atoms with Crippen molar-refractivity contribution in [3.8, 4) is 0 Å². The number of aliphatic hydroxyl groups is 1. The molecule has 15 heavy (non-hydrogen) atoms. The third-order valence-corrected chi connectivity index (χ3v) is 3.41. The van der Waals surface area contributed by atoms with Crippen molar-refractivity contribution in [3.05, 3.63) is 36.0 Å². The minimum atomic E-state index is 0.321. The summed E-state index contributed by atoms with van der Waals surface area (Å²) in [4.78, 5) is 0. The maximum atomic E-state index is 9.18. The Hall–Kier alpha value is -1.28. The average molecular weight is 201 g/mol. The topological polar surface area (TPSA) is 25.2 Å². The standard InChI is InChI=1S/C13H15NO/c15-9-10-5-6-14-12(7-10)8-11-3-1-2-4-13(11)14/h1-4,8,10,15H,5-7,9H2/t10-/m0/s1. The van der Waals surface area contributed by atoms with E-state index < -0.39 is 0 Å². The molecule has 0 bridgehead atoms. The quantitative estimate of drug-likeness (QED) is 0.751. The fourth-order valence-electron chi connectivity index (χ4n) is 2.57. The summed E-state index contributed by atoms with van der Waals surface area (Å²) in [6, 6.07) is 10.8. The van der Waals surface area contributed by atoms with Gasteiger partial charge >= 0.3 is 0 Å². The van der Waals surface area contributed by atoms with Crippen molar-refractivity contribution in [2.45, 2.75) is 19.4 Å². The van der Waals surface area contributed by atoms with Gasteiger partial charge in [0, 0.05) is 24.4 Å². The number of aromatic nitrogens is 1. The molecule has 2 heterocycles. The van der Waals surface area contributed by atoms with E-state index in [0.29, 0.717) is 12.5 Å². The Morgan fingerprint density at radius 3 is 3.07 bits per heavy atom. The van der Waals surface area contributed by atoms with Crippen molar-refractivity contribution in [1.82, 2.24) is 4.57 Å². The van der Waals surface area contributed by atoms with Gasteiger partial charge in [-0.25, -0.2) is 0 Å². The lowest BCUT2D eigenvalue weighted by molar-refractivity contribution is 0.202. The number of hydrogen-bond acceptors (Lipinski definition) is 1. The van der Waals surface area contributed by atoms with Crippen LogP contribution in [0, 0.1) is 5.92 Å². The number of nitrogens with zero attached hydrogens (tertiary/aromatic N) is 1. The summed E-state index contributed by atoms with van der Waals surface area (Å²) >= 11 is 0. The molecular formula is C13H15NO. The van der Waals surface area contributed by atoms with Crippen molar-refractivity contribution < 1.29 is 5.11 Å². The van der Waals surface area contributed by atoms with Crippen molar-refractivity contribution >= 4 is 10.9 Å². The number of benzene rings is 1. The van der Waals surface area contributed by atoms with Gasteiger partial charge in [0.15, 0.2) is 0 Å². The number of para-hydroxylation sites is 1. The molecular weight excluding hydrogens is 186 g/mol. The monoisotopic (exact) mass is 201 g/mol. The predicted molar refractivity (Wildman–Crippen MR) is 60.8 cm³/mol. The van der Waals surface area contributed by atoms with Crippen molar-refractivity contribution in [3.63, 3.8) is 0 Å². The SMILES string of the molecule is OC[C@H]1CCn2c(cc3ccccc32)C1. The maximum Gasteiger partial charge on any atom is 0.0482 e. The highest BCUT2D eigenvalue weighted by molar-refractivity contribution is 5.81. The van der Waals surface area contributed by atoms with Crippen molar-refractivity contribution in [1.29, 1.82) is 0 Å². The minimum Gasteiger partial charge on any atom is -0.396 e. The molecule has 0 spiro atoms. The molecule has 1 N–H and O–H groups in total. The third kappa shape index (κ3) is 1.37. The lowest BCUT2D eigenvalue weighted by Crippen LogP contribution is -2.21. The van der Waals surface area contributed by atoms with Crippen molar-refractivity contribution in [2.75, 3.05) is 6.61 Å². The van der Waals surface area contributed by atoms with E-state index in [9.17, 15) is 5.11 Å². The molecule has 0 amide bonds. The van der Waals surface area contributed by atoms with Crippen LogP contribution in [0.3, 0.4) is 0 Å². The molecule has 0 fully saturated rings. The highest BCUT2D eigenvalue weighted by atomic mass is 16.3. The fraction of sp³-hybridized carbons (Fsp3) is 0.385. The molecule has 1 aliphatic heterocycles. The van der Waals surface area contributed by atoms with E-state index >= 15 is 0 Å². The van der Waals surface area contributed by atoms with Crippen LogP contribution in [0.15, 0.2) is 30.3 Å². The predicted octanol–water partition coefficient (Wildman–Crippen LogP) is 2.20. The highest BCUT2D eigenvalue weighted by Crippen LogP contribution is 2.27. The molecule has 0 radical (unpaired) electrons. The summed E-state index contributed by atoms with van der Waals surface area (Å²) < 4.78 is 2.39. The van der Waals surface area contributed by atoms with Crippen LogP contribution < -0.4 is 0 Å². The summed E-state index contributed by atoms with van der Waals surface area (Å²) in [7, 11) is 0. The molecule has 0 saturated heterocycles. The number of rotatable bonds is 1. The van der Waals surface area contributed by atoms with Gasteiger partial charge in [0.25, 0.3) is 0 Å². The highest BCUT2D eigenvalue weighted by Gasteiger charge is 2.19. The number of hydrogen-bond donors (Lipinski definition) is 1. The Morgan fingerprint density at radius 2 is 2.20 bits per heavy atom. The molecule has 0 aliphatic carbocycles. The molecule has 2 nitrogen and oxygen atoms in total. The first kappa shape index (κ1) is 8.98. The van der Waals surface area contributed by atoms with E-state index in [1.54, 1.807) is 0 Å². The van der Waals surface area contributed by atoms with E-state index in [1.165, 1.54) is 16.6 Å². The summed E-state index contributed by atoms with van der Waals surface area (Å²) in [5, 5.41) is 10.5. The van der Waals surface area contributed by atoms with Gasteiger partial charge < -0.3 is 9.67 Å². The van der Waals surface area contributed by atoms with Gasteiger partial charge in [-0.1, -0.05) is 18.2 Å². The van der Waals surface area contributed by atoms with Gasteiger partial charge in [-0.15, -0.1) is 0 Å². The second kappa shape index (κ2) is 3.38. The number of aryl methyl sites for hydroxylation is 1. The normalized spacial score (nSPS) is 20.5. The van der Waals surface area contributed by atoms with Gasteiger partial charge in [0.05, 0.1) is 0 Å². The molecule has 2 heteroatoms. The summed E-state index contributed by atoms with van der Waals surface area (Å²) in [6.45, 7) is 1.37. The molecule has 1 aliphatic rings. The Morgan fingerprint density at radius 1 is 1.33 bits per heavy atom. The Balaban J connectivity index is 2.12. The molecule has 0 unspecified atom stereocenters. The van der Waals surface area contributed by atoms with Crippen LogP contribution in [0.4, 0.5) is 0 Å². The van der Waals surface area contributed by atoms with E-state index in [2.05, 4.69) is 34.9 Å². The molecule has 0 saturated carbocycles. The lowest BCUT2D eigenvalue weighted by Gasteiger charge is -2.23. The zero-order valence-corrected chi connectivity index (χ0v) is 8.69. The Bertz CT molecular complexity index is 486. The Kier molecular flexibility index (Phi) is 2.03. The summed E-state index contributed by atoms with van der Waals surface area (Å²) in [5.41, 5.74) is 2.71. The average Bonchev–Trinajstić information content (AvgIpc) is 2.66. The summed E-state index contributed by atoms with van der Waals surface area (Å²) in [6.07, 6.45) is 2.12. The largest absolute Gasteiger partial charge is 0.396 e. The molecule has 1 aromatic heterocycles. The van der Waals surface area contributed by atoms with Crippen LogP contribution in [-0.2, 0) is 13.0 Å². The van der Waals surface area contributed by atoms with Crippen LogP contribution in [0.25, 0.3) is 10.9 Å². The second-order valence-corrected chi connectivity index (χ2v) is 4.39. The van der Waals surface area contributed by atoms with Crippen LogP contribution in [0.1, 0.15) is 12.1 Å². The zero-order chi connectivity index (χ0) is 10.3. The molecule has 1 atom stereocenters. The van der Waals surface area contributed by atoms with Crippen LogP contribution in [0.5, 0.6) is 0 Å². The minimum absolute atomic E-state index is 0.321. The van der Waals surface area contributed by atoms with E-state index in [4.69, 9.17) is 0 Å². The van der Waals surface area contributed by atoms with Crippen LogP contribution in [0.2, 0.25) is 0 Å². The number of aliphatic hydroxyl groups excluding tert-OH is 1. The fourth-order valence-corrected chi connectivity index (χ4v) is 2.57. The first-order chi connectivity index (χ1) is 7.38. The van der Waals surface area contributed by atoms with Gasteiger partial charge in [-0.05, 0) is 36.3 Å². The van der Waals surface area contributed by atoms with Crippen molar-refractivity contribution in [2.24, 2.45) is 5.92 Å². The first-order valence-electron chi connectivity index (χ1n) is 5.56. The van der Waals surface area contributed by atoms with Gasteiger partial charge in [0.1, 0.15) is 0 Å². The lowest BCUT2D eigenvalue weighted by atomic mass is 9.97. The van der Waals surface area contributed by atoms with Gasteiger partial charge in [-0.2, -0.15) is 0 Å². The van der Waals surface area contributed by atoms with Crippen LogP contribution >= 0.6 is 0 Å². The van der Waals surface area contributed by atoms with E-state index in [-0.39, 0.29) is 0 Å². The van der Waals surface area contributed by atoms with E-state index in [1.807, 2.05) is 0 Å². The maximum absolute atomic E-state index is 9.18. The smallest absolute Gasteiger partial charge is 0.0482 e. The molecule has 3 rings (SSSR count). The van der Waals surface area contributed by atoms with Gasteiger partial charge in [0.2, 0.25) is 0 Å². The Labute approximate surface area is 89.1 Å². The van der Waals surface area contributed by atoms with Gasteiger partial charge in [-0.3, -0.25) is 0 Å². The number of fused-ring (bicyclic) bond motifs is 3. The molecule has 2 aromatic rings. The first-order valence-corrected chi connectivity index (χ1v) is 5.56. The van der Waals surface area contributed by atoms with Crippen LogP contribution in [-0.4, -0.2) is 16.3 Å². The molecule has 1 aromatic carbocycles. The zero-order valence-electron chi connectivity index (χ0n) is 8.69. The second-order valence-electron chi connectivity index (χ2n) is 4.39. The third-order valence-electron chi connectivity index (χ3n) is 3.41. The molecule has 78 valence electrons. The summed E-state index contributed by atoms with van der Waals surface area (Å²) in [5.74, 6) is 0.460. The van der Waals surface area contributed by atoms with E-state index in [0.717, 1.165) is 19.4 Å².